The zero-order valence-electron chi connectivity index (χ0n) is 17.6. The molecule has 3 aromatic heterocycles. The molecule has 0 saturated carbocycles. The molecule has 0 amide bonds. The molecule has 2 atom stereocenters. The molecule has 0 bridgehead atoms. The van der Waals surface area contributed by atoms with Crippen LogP contribution in [0, 0.1) is 0 Å². The van der Waals surface area contributed by atoms with E-state index >= 15 is 0 Å². The minimum absolute atomic E-state index is 0.0633. The highest BCUT2D eigenvalue weighted by Gasteiger charge is 2.24. The van der Waals surface area contributed by atoms with E-state index in [0.29, 0.717) is 18.1 Å². The number of hydrogen-bond acceptors (Lipinski definition) is 7. The van der Waals surface area contributed by atoms with Gasteiger partial charge in [-0.25, -0.2) is 15.0 Å². The van der Waals surface area contributed by atoms with Gasteiger partial charge in [0.25, 0.3) is 0 Å². The summed E-state index contributed by atoms with van der Waals surface area (Å²) in [6.45, 7) is 4.38. The van der Waals surface area contributed by atoms with Gasteiger partial charge in [0.1, 0.15) is 18.2 Å². The summed E-state index contributed by atoms with van der Waals surface area (Å²) in [7, 11) is 0. The van der Waals surface area contributed by atoms with Crippen LogP contribution in [0.4, 0.5) is 5.82 Å². The highest BCUT2D eigenvalue weighted by atomic mass is 79.9. The molecule has 1 saturated heterocycles. The lowest BCUT2D eigenvalue weighted by Crippen LogP contribution is -2.34. The minimum Gasteiger partial charge on any atom is -0.383 e. The number of halogens is 1. The largest absolute Gasteiger partial charge is 0.383 e. The Balaban J connectivity index is 1.69. The van der Waals surface area contributed by atoms with Gasteiger partial charge in [-0.1, -0.05) is 35.0 Å². The minimum atomic E-state index is -0.125. The van der Waals surface area contributed by atoms with E-state index in [1.165, 1.54) is 11.9 Å². The molecule has 1 aliphatic heterocycles. The molecule has 2 unspecified atom stereocenters. The molecule has 0 spiro atoms. The molecule has 32 heavy (non-hydrogen) atoms. The van der Waals surface area contributed by atoms with Crippen LogP contribution < -0.4 is 11.1 Å². The molecule has 1 aliphatic rings. The number of nitrogens with one attached hydrogen (secondary N) is 1. The number of hydrogen-bond donors (Lipinski definition) is 2. The predicted molar refractivity (Wildman–Crippen MR) is 128 cm³/mol. The standard InChI is InChI=1S/C24H23BrN6O/c1-14(15-4-6-16(25)7-5-15)18-11-19(31-24-21(18)23(26)29-13-30-24)17-3-2-8-28-22(17)20-12-27-9-10-32-20/h2-8,11,13-14,20,27H,9-10,12H2,1H3,(H2,26,29,30,31). The fourth-order valence-corrected chi connectivity index (χ4v) is 4.42. The molecule has 7 nitrogen and oxygen atoms in total. The Kier molecular flexibility index (Phi) is 5.82. The number of nitrogens with two attached hydrogens (primary N) is 1. The summed E-state index contributed by atoms with van der Waals surface area (Å²) in [6, 6.07) is 14.4. The third-order valence-electron chi connectivity index (χ3n) is 5.85. The van der Waals surface area contributed by atoms with Crippen LogP contribution in [-0.4, -0.2) is 39.6 Å². The van der Waals surface area contributed by atoms with Gasteiger partial charge >= 0.3 is 0 Å². The van der Waals surface area contributed by atoms with Crippen molar-refractivity contribution in [1.29, 1.82) is 0 Å². The van der Waals surface area contributed by atoms with E-state index in [9.17, 15) is 0 Å². The second-order valence-electron chi connectivity index (χ2n) is 7.83. The van der Waals surface area contributed by atoms with E-state index in [1.54, 1.807) is 6.20 Å². The van der Waals surface area contributed by atoms with Crippen molar-refractivity contribution in [2.75, 3.05) is 25.4 Å². The fraction of sp³-hybridized carbons (Fsp3) is 0.250. The number of aromatic nitrogens is 4. The van der Waals surface area contributed by atoms with E-state index in [0.717, 1.165) is 45.5 Å². The topological polar surface area (TPSA) is 98.8 Å². The van der Waals surface area contributed by atoms with E-state index < -0.39 is 0 Å². The van der Waals surface area contributed by atoms with Crippen LogP contribution in [0.25, 0.3) is 22.3 Å². The van der Waals surface area contributed by atoms with Crippen molar-refractivity contribution < 1.29 is 4.74 Å². The summed E-state index contributed by atoms with van der Waals surface area (Å²) in [5.74, 6) is 0.493. The maximum absolute atomic E-state index is 6.29. The Morgan fingerprint density at radius 2 is 2.00 bits per heavy atom. The number of nitrogen functional groups attached to an aromatic ring is 1. The third kappa shape index (κ3) is 3.97. The Morgan fingerprint density at radius 1 is 1.16 bits per heavy atom. The lowest BCUT2D eigenvalue weighted by molar-refractivity contribution is 0.0254. The lowest BCUT2D eigenvalue weighted by Gasteiger charge is -2.25. The maximum Gasteiger partial charge on any atom is 0.165 e. The second-order valence-corrected chi connectivity index (χ2v) is 8.74. The lowest BCUT2D eigenvalue weighted by atomic mass is 9.90. The number of fused-ring (bicyclic) bond motifs is 1. The van der Waals surface area contributed by atoms with Crippen molar-refractivity contribution >= 4 is 32.8 Å². The summed E-state index contributed by atoms with van der Waals surface area (Å²) >= 11 is 3.52. The van der Waals surface area contributed by atoms with Crippen molar-refractivity contribution in [2.45, 2.75) is 18.9 Å². The third-order valence-corrected chi connectivity index (χ3v) is 6.38. The average molecular weight is 491 g/mol. The van der Waals surface area contributed by atoms with Gasteiger partial charge in [-0.15, -0.1) is 0 Å². The molecule has 5 rings (SSSR count). The number of rotatable bonds is 4. The average Bonchev–Trinajstić information content (AvgIpc) is 2.84. The van der Waals surface area contributed by atoms with Crippen LogP contribution in [0.3, 0.4) is 0 Å². The van der Waals surface area contributed by atoms with E-state index in [1.807, 2.05) is 24.3 Å². The quantitative estimate of drug-likeness (QED) is 0.441. The zero-order valence-corrected chi connectivity index (χ0v) is 19.2. The van der Waals surface area contributed by atoms with Crippen molar-refractivity contribution in [3.8, 4) is 11.3 Å². The van der Waals surface area contributed by atoms with Crippen LogP contribution in [0.1, 0.15) is 35.8 Å². The fourth-order valence-electron chi connectivity index (χ4n) is 4.16. The molecular formula is C24H23BrN6O. The normalized spacial score (nSPS) is 17.4. The molecule has 8 heteroatoms. The number of pyridine rings is 2. The summed E-state index contributed by atoms with van der Waals surface area (Å²) in [4.78, 5) is 18.2. The summed E-state index contributed by atoms with van der Waals surface area (Å²) in [5.41, 5.74) is 11.7. The molecule has 1 aromatic carbocycles. The van der Waals surface area contributed by atoms with E-state index in [4.69, 9.17) is 15.5 Å². The Labute approximate surface area is 194 Å². The van der Waals surface area contributed by atoms with Gasteiger partial charge in [-0.3, -0.25) is 4.98 Å². The van der Waals surface area contributed by atoms with Crippen LogP contribution in [0.2, 0.25) is 0 Å². The molecular weight excluding hydrogens is 468 g/mol. The van der Waals surface area contributed by atoms with Gasteiger partial charge in [0, 0.05) is 35.2 Å². The molecule has 162 valence electrons. The van der Waals surface area contributed by atoms with E-state index in [-0.39, 0.29) is 12.0 Å². The van der Waals surface area contributed by atoms with Crippen LogP contribution >= 0.6 is 15.9 Å². The monoisotopic (exact) mass is 490 g/mol. The van der Waals surface area contributed by atoms with Gasteiger partial charge in [-0.05, 0) is 41.5 Å². The summed E-state index contributed by atoms with van der Waals surface area (Å²) < 4.78 is 7.03. The second kappa shape index (κ2) is 8.90. The number of nitrogens with zero attached hydrogens (tertiary/aromatic N) is 4. The number of benzene rings is 1. The van der Waals surface area contributed by atoms with E-state index in [2.05, 4.69) is 61.3 Å². The van der Waals surface area contributed by atoms with Gasteiger partial charge < -0.3 is 15.8 Å². The SMILES string of the molecule is CC(c1ccc(Br)cc1)c1cc(-c2cccnc2C2CNCCO2)nc2ncnc(N)c12. The van der Waals surface area contributed by atoms with Gasteiger partial charge in [-0.2, -0.15) is 0 Å². The molecule has 3 N–H and O–H groups in total. The van der Waals surface area contributed by atoms with Gasteiger partial charge in [0.05, 0.1) is 23.4 Å². The van der Waals surface area contributed by atoms with Crippen molar-refractivity contribution in [2.24, 2.45) is 0 Å². The number of anilines is 1. The molecule has 4 aromatic rings. The van der Waals surface area contributed by atoms with Crippen LogP contribution in [0.5, 0.6) is 0 Å². The van der Waals surface area contributed by atoms with Gasteiger partial charge in [0.2, 0.25) is 0 Å². The first-order valence-electron chi connectivity index (χ1n) is 10.6. The highest BCUT2D eigenvalue weighted by Crippen LogP contribution is 2.36. The molecule has 0 radical (unpaired) electrons. The first-order valence-corrected chi connectivity index (χ1v) is 11.4. The zero-order chi connectivity index (χ0) is 22.1. The number of ether oxygens (including phenoxy) is 1. The highest BCUT2D eigenvalue weighted by molar-refractivity contribution is 9.10. The van der Waals surface area contributed by atoms with Crippen molar-refractivity contribution in [3.63, 3.8) is 0 Å². The Bertz CT molecular complexity index is 1260. The molecule has 0 aliphatic carbocycles. The maximum atomic E-state index is 6.29. The first kappa shape index (κ1) is 20.9. The summed E-state index contributed by atoms with van der Waals surface area (Å²) in [5, 5.41) is 4.16. The molecule has 1 fully saturated rings. The van der Waals surface area contributed by atoms with Crippen LogP contribution in [-0.2, 0) is 4.74 Å². The van der Waals surface area contributed by atoms with Gasteiger partial charge in [0.15, 0.2) is 5.65 Å². The van der Waals surface area contributed by atoms with Crippen molar-refractivity contribution in [3.05, 3.63) is 76.3 Å². The predicted octanol–water partition coefficient (Wildman–Crippen LogP) is 4.24. The Morgan fingerprint density at radius 3 is 2.78 bits per heavy atom. The Hall–Kier alpha value is -2.94. The summed E-state index contributed by atoms with van der Waals surface area (Å²) in [6.07, 6.45) is 3.13. The number of morpholine rings is 1. The first-order chi connectivity index (χ1) is 15.6. The smallest absolute Gasteiger partial charge is 0.165 e. The van der Waals surface area contributed by atoms with Crippen LogP contribution in [0.15, 0.2) is 59.5 Å². The van der Waals surface area contributed by atoms with Crippen molar-refractivity contribution in [1.82, 2.24) is 25.3 Å². The molecule has 4 heterocycles.